The molecular formula is C15H31N3O2. The third kappa shape index (κ3) is 4.43. The first-order chi connectivity index (χ1) is 9.46. The van der Waals surface area contributed by atoms with Crippen LogP contribution in [0.25, 0.3) is 0 Å². The van der Waals surface area contributed by atoms with E-state index in [2.05, 4.69) is 29.1 Å². The zero-order valence-corrected chi connectivity index (χ0v) is 13.7. The maximum absolute atomic E-state index is 11.9. The molecule has 1 fully saturated rings. The van der Waals surface area contributed by atoms with E-state index in [1.165, 1.54) is 13.5 Å². The van der Waals surface area contributed by atoms with Gasteiger partial charge in [-0.15, -0.1) is 0 Å². The van der Waals surface area contributed by atoms with Crippen molar-refractivity contribution in [2.45, 2.75) is 44.7 Å². The van der Waals surface area contributed by atoms with Crippen LogP contribution in [0.15, 0.2) is 0 Å². The van der Waals surface area contributed by atoms with Crippen molar-refractivity contribution in [1.82, 2.24) is 15.1 Å². The second-order valence-electron chi connectivity index (χ2n) is 6.04. The quantitative estimate of drug-likeness (QED) is 0.736. The Morgan fingerprint density at radius 2 is 2.15 bits per heavy atom. The molecule has 1 rings (SSSR count). The minimum absolute atomic E-state index is 0.181. The summed E-state index contributed by atoms with van der Waals surface area (Å²) in [6.45, 7) is 8.49. The van der Waals surface area contributed by atoms with E-state index in [9.17, 15) is 4.79 Å². The Balaban J connectivity index is 2.63. The Morgan fingerprint density at radius 1 is 1.45 bits per heavy atom. The molecule has 1 aliphatic heterocycles. The van der Waals surface area contributed by atoms with Crippen molar-refractivity contribution in [2.24, 2.45) is 0 Å². The number of esters is 1. The molecular weight excluding hydrogens is 254 g/mol. The van der Waals surface area contributed by atoms with Crippen LogP contribution in [0.1, 0.15) is 33.1 Å². The van der Waals surface area contributed by atoms with E-state index in [4.69, 9.17) is 4.74 Å². The van der Waals surface area contributed by atoms with E-state index in [1.54, 1.807) is 0 Å². The number of nitrogens with one attached hydrogen (secondary N) is 1. The zero-order valence-electron chi connectivity index (χ0n) is 13.7. The topological polar surface area (TPSA) is 44.8 Å². The summed E-state index contributed by atoms with van der Waals surface area (Å²) in [6.07, 6.45) is 3.12. The largest absolute Gasteiger partial charge is 0.468 e. The summed E-state index contributed by atoms with van der Waals surface area (Å²) < 4.78 is 4.91. The van der Waals surface area contributed by atoms with Crippen molar-refractivity contribution in [3.63, 3.8) is 0 Å². The lowest BCUT2D eigenvalue weighted by atomic mass is 9.97. The number of rotatable bonds is 6. The lowest BCUT2D eigenvalue weighted by Gasteiger charge is -2.34. The molecule has 0 spiro atoms. The van der Waals surface area contributed by atoms with E-state index in [-0.39, 0.29) is 5.97 Å². The van der Waals surface area contributed by atoms with E-state index < -0.39 is 5.54 Å². The summed E-state index contributed by atoms with van der Waals surface area (Å²) in [6, 6.07) is 0.584. The highest BCUT2D eigenvalue weighted by molar-refractivity contribution is 5.80. The molecule has 0 aromatic carbocycles. The SMILES string of the molecule is CCC1CN(C)CCCN1CCC(C)(NC)C(=O)OC. The fourth-order valence-corrected chi connectivity index (χ4v) is 2.90. The van der Waals surface area contributed by atoms with Crippen molar-refractivity contribution in [2.75, 3.05) is 47.4 Å². The molecule has 1 saturated heterocycles. The first-order valence-corrected chi connectivity index (χ1v) is 7.66. The zero-order chi connectivity index (χ0) is 15.2. The van der Waals surface area contributed by atoms with Gasteiger partial charge in [0.25, 0.3) is 0 Å². The van der Waals surface area contributed by atoms with Crippen molar-refractivity contribution in [3.05, 3.63) is 0 Å². The van der Waals surface area contributed by atoms with Crippen LogP contribution in [0.5, 0.6) is 0 Å². The van der Waals surface area contributed by atoms with Gasteiger partial charge in [-0.05, 0) is 53.4 Å². The number of ether oxygens (including phenoxy) is 1. The van der Waals surface area contributed by atoms with Crippen LogP contribution in [0.2, 0.25) is 0 Å². The third-order valence-corrected chi connectivity index (χ3v) is 4.58. The van der Waals surface area contributed by atoms with Crippen LogP contribution in [-0.2, 0) is 9.53 Å². The molecule has 0 aliphatic carbocycles. The molecule has 118 valence electrons. The lowest BCUT2D eigenvalue weighted by molar-refractivity contribution is -0.148. The van der Waals surface area contributed by atoms with Crippen molar-refractivity contribution < 1.29 is 9.53 Å². The Hall–Kier alpha value is -0.650. The average Bonchev–Trinajstić information content (AvgIpc) is 2.64. The number of nitrogens with zero attached hydrogens (tertiary/aromatic N) is 2. The Kier molecular flexibility index (Phi) is 6.92. The van der Waals surface area contributed by atoms with Gasteiger partial charge in [0.15, 0.2) is 0 Å². The molecule has 1 N–H and O–H groups in total. The van der Waals surface area contributed by atoms with Crippen LogP contribution in [-0.4, -0.2) is 74.7 Å². The number of hydrogen-bond acceptors (Lipinski definition) is 5. The van der Waals surface area contributed by atoms with E-state index >= 15 is 0 Å². The number of carbonyl (C=O) groups is 1. The molecule has 1 aliphatic rings. The summed E-state index contributed by atoms with van der Waals surface area (Å²) in [7, 11) is 5.47. The molecule has 1 heterocycles. The van der Waals surface area contributed by atoms with Crippen LogP contribution in [0.4, 0.5) is 0 Å². The fraction of sp³-hybridized carbons (Fsp3) is 0.933. The Morgan fingerprint density at radius 3 is 2.70 bits per heavy atom. The van der Waals surface area contributed by atoms with Crippen LogP contribution in [0.3, 0.4) is 0 Å². The minimum Gasteiger partial charge on any atom is -0.468 e. The van der Waals surface area contributed by atoms with E-state index in [0.717, 1.165) is 39.0 Å². The predicted octanol–water partition coefficient (Wildman–Crippen LogP) is 0.944. The molecule has 0 radical (unpaired) electrons. The maximum Gasteiger partial charge on any atom is 0.325 e. The number of hydrogen-bond donors (Lipinski definition) is 1. The van der Waals surface area contributed by atoms with Crippen molar-refractivity contribution >= 4 is 5.97 Å². The molecule has 0 saturated carbocycles. The number of carbonyl (C=O) groups excluding carboxylic acids is 1. The second kappa shape index (κ2) is 7.96. The molecule has 5 nitrogen and oxygen atoms in total. The van der Waals surface area contributed by atoms with Gasteiger partial charge in [-0.2, -0.15) is 0 Å². The average molecular weight is 285 g/mol. The summed E-state index contributed by atoms with van der Waals surface area (Å²) in [4.78, 5) is 16.8. The summed E-state index contributed by atoms with van der Waals surface area (Å²) in [5, 5.41) is 3.11. The van der Waals surface area contributed by atoms with Crippen LogP contribution < -0.4 is 5.32 Å². The molecule has 2 atom stereocenters. The molecule has 20 heavy (non-hydrogen) atoms. The van der Waals surface area contributed by atoms with Crippen LogP contribution in [0, 0.1) is 0 Å². The lowest BCUT2D eigenvalue weighted by Crippen LogP contribution is -2.51. The van der Waals surface area contributed by atoms with Gasteiger partial charge in [-0.1, -0.05) is 6.92 Å². The van der Waals surface area contributed by atoms with Gasteiger partial charge in [-0.3, -0.25) is 9.69 Å². The van der Waals surface area contributed by atoms with Gasteiger partial charge < -0.3 is 15.0 Å². The monoisotopic (exact) mass is 285 g/mol. The van der Waals surface area contributed by atoms with Crippen molar-refractivity contribution in [3.8, 4) is 0 Å². The second-order valence-corrected chi connectivity index (χ2v) is 6.04. The number of methoxy groups -OCH3 is 1. The van der Waals surface area contributed by atoms with Gasteiger partial charge in [0.2, 0.25) is 0 Å². The standard InChI is InChI=1S/C15H31N3O2/c1-6-13-12-17(4)9-7-10-18(13)11-8-15(2,16-3)14(19)20-5/h13,16H,6-12H2,1-5H3. The Bertz CT molecular complexity index is 311. The first kappa shape index (κ1) is 17.4. The Labute approximate surface area is 123 Å². The first-order valence-electron chi connectivity index (χ1n) is 7.66. The highest BCUT2D eigenvalue weighted by atomic mass is 16.5. The molecule has 2 unspecified atom stereocenters. The maximum atomic E-state index is 11.9. The molecule has 0 bridgehead atoms. The van der Waals surface area contributed by atoms with Gasteiger partial charge in [0, 0.05) is 19.1 Å². The molecule has 0 amide bonds. The fourth-order valence-electron chi connectivity index (χ4n) is 2.90. The van der Waals surface area contributed by atoms with Gasteiger partial charge in [-0.25, -0.2) is 0 Å². The summed E-state index contributed by atoms with van der Waals surface area (Å²) in [5.74, 6) is -0.181. The minimum atomic E-state index is -0.592. The number of likely N-dealkylation sites (N-methyl/N-ethyl adjacent to an activating group) is 2. The van der Waals surface area contributed by atoms with Gasteiger partial charge >= 0.3 is 5.97 Å². The van der Waals surface area contributed by atoms with E-state index in [0.29, 0.717) is 6.04 Å². The summed E-state index contributed by atoms with van der Waals surface area (Å²) >= 11 is 0. The highest BCUT2D eigenvalue weighted by Gasteiger charge is 2.33. The van der Waals surface area contributed by atoms with Crippen molar-refractivity contribution in [1.29, 1.82) is 0 Å². The van der Waals surface area contributed by atoms with E-state index in [1.807, 2.05) is 14.0 Å². The molecule has 0 aromatic rings. The normalized spacial score (nSPS) is 24.9. The molecule has 5 heteroatoms. The van der Waals surface area contributed by atoms with Crippen LogP contribution >= 0.6 is 0 Å². The smallest absolute Gasteiger partial charge is 0.325 e. The summed E-state index contributed by atoms with van der Waals surface area (Å²) in [5.41, 5.74) is -0.592. The van der Waals surface area contributed by atoms with Gasteiger partial charge in [0.1, 0.15) is 5.54 Å². The molecule has 0 aromatic heterocycles. The predicted molar refractivity (Wildman–Crippen MR) is 81.9 cm³/mol. The third-order valence-electron chi connectivity index (χ3n) is 4.58. The highest BCUT2D eigenvalue weighted by Crippen LogP contribution is 2.17. The van der Waals surface area contributed by atoms with Gasteiger partial charge in [0.05, 0.1) is 7.11 Å².